The zero-order valence-electron chi connectivity index (χ0n) is 14.1. The Morgan fingerprint density at radius 2 is 1.88 bits per heavy atom. The second-order valence-corrected chi connectivity index (χ2v) is 6.28. The van der Waals surface area contributed by atoms with Crippen molar-refractivity contribution >= 4 is 11.6 Å². The van der Waals surface area contributed by atoms with Gasteiger partial charge < -0.3 is 9.64 Å². The van der Waals surface area contributed by atoms with Gasteiger partial charge in [0.15, 0.2) is 0 Å². The van der Waals surface area contributed by atoms with Crippen LogP contribution in [0.4, 0.5) is 5.69 Å². The number of ether oxygens (including phenoxy) is 1. The average molecular weight is 340 g/mol. The van der Waals surface area contributed by atoms with Gasteiger partial charge in [0.05, 0.1) is 24.1 Å². The molecule has 0 saturated heterocycles. The molecule has 1 heterocycles. The molecular weight excluding hydrogens is 320 g/mol. The van der Waals surface area contributed by atoms with E-state index in [1.807, 2.05) is 12.1 Å². The quantitative estimate of drug-likeness (QED) is 0.620. The van der Waals surface area contributed by atoms with Gasteiger partial charge in [-0.15, -0.1) is 0 Å². The smallest absolute Gasteiger partial charge is 0.269 e. The summed E-state index contributed by atoms with van der Waals surface area (Å²) >= 11 is 0. The predicted molar refractivity (Wildman–Crippen MR) is 93.2 cm³/mol. The van der Waals surface area contributed by atoms with Gasteiger partial charge in [-0.1, -0.05) is 36.4 Å². The Bertz CT molecular complexity index is 773. The predicted octanol–water partition coefficient (Wildman–Crippen LogP) is 2.74. The summed E-state index contributed by atoms with van der Waals surface area (Å²) in [6, 6.07) is 14.3. The van der Waals surface area contributed by atoms with E-state index in [0.29, 0.717) is 13.2 Å². The van der Waals surface area contributed by atoms with E-state index in [0.717, 1.165) is 12.0 Å². The Hall–Kier alpha value is -2.73. The molecule has 130 valence electrons. The van der Waals surface area contributed by atoms with Crippen molar-refractivity contribution in [3.8, 4) is 0 Å². The Morgan fingerprint density at radius 3 is 2.56 bits per heavy atom. The molecular formula is C19H20N2O4. The van der Waals surface area contributed by atoms with E-state index in [1.165, 1.54) is 23.3 Å². The van der Waals surface area contributed by atoms with E-state index in [1.54, 1.807) is 24.1 Å². The first-order valence-corrected chi connectivity index (χ1v) is 8.18. The zero-order valence-corrected chi connectivity index (χ0v) is 14.1. The monoisotopic (exact) mass is 340 g/mol. The highest BCUT2D eigenvalue weighted by atomic mass is 16.6. The third-order valence-corrected chi connectivity index (χ3v) is 4.45. The summed E-state index contributed by atoms with van der Waals surface area (Å²) in [5, 5.41) is 10.7. The van der Waals surface area contributed by atoms with Crippen molar-refractivity contribution in [3.05, 3.63) is 75.3 Å². The molecule has 0 fully saturated rings. The summed E-state index contributed by atoms with van der Waals surface area (Å²) in [5.74, 6) is -0.0312. The van der Waals surface area contributed by atoms with Crippen LogP contribution < -0.4 is 0 Å². The first-order valence-electron chi connectivity index (χ1n) is 8.18. The van der Waals surface area contributed by atoms with Crippen LogP contribution >= 0.6 is 0 Å². The minimum Gasteiger partial charge on any atom is -0.371 e. The number of nitro groups is 1. The van der Waals surface area contributed by atoms with Gasteiger partial charge in [0, 0.05) is 32.1 Å². The number of hydrogen-bond donors (Lipinski definition) is 0. The lowest BCUT2D eigenvalue weighted by Crippen LogP contribution is -2.38. The van der Waals surface area contributed by atoms with Crippen LogP contribution in [0.2, 0.25) is 0 Å². The summed E-state index contributed by atoms with van der Waals surface area (Å²) in [7, 11) is 1.76. The van der Waals surface area contributed by atoms with Crippen molar-refractivity contribution < 1.29 is 14.5 Å². The number of nitrogens with zero attached hydrogens (tertiary/aromatic N) is 2. The van der Waals surface area contributed by atoms with Gasteiger partial charge in [-0.05, 0) is 16.7 Å². The van der Waals surface area contributed by atoms with Gasteiger partial charge in [0.1, 0.15) is 0 Å². The summed E-state index contributed by atoms with van der Waals surface area (Å²) in [4.78, 5) is 24.3. The summed E-state index contributed by atoms with van der Waals surface area (Å²) in [5.41, 5.74) is 3.27. The Balaban J connectivity index is 1.55. The molecule has 6 nitrogen and oxygen atoms in total. The third kappa shape index (κ3) is 4.22. The van der Waals surface area contributed by atoms with Crippen molar-refractivity contribution in [1.82, 2.24) is 4.90 Å². The zero-order chi connectivity index (χ0) is 17.8. The molecule has 25 heavy (non-hydrogen) atoms. The van der Waals surface area contributed by atoms with E-state index in [-0.39, 0.29) is 24.1 Å². The molecule has 6 heteroatoms. The highest BCUT2D eigenvalue weighted by Gasteiger charge is 2.22. The second kappa shape index (κ2) is 7.44. The number of carbonyl (C=O) groups excluding carboxylic acids is 1. The Morgan fingerprint density at radius 1 is 1.20 bits per heavy atom. The molecule has 0 N–H and O–H groups in total. The number of carbonyl (C=O) groups is 1. The number of likely N-dealkylation sites (N-methyl/N-ethyl adjacent to an activating group) is 1. The molecule has 0 radical (unpaired) electrons. The molecule has 2 aromatic carbocycles. The van der Waals surface area contributed by atoms with Crippen molar-refractivity contribution in [2.24, 2.45) is 0 Å². The van der Waals surface area contributed by atoms with E-state index in [4.69, 9.17) is 4.74 Å². The van der Waals surface area contributed by atoms with Crippen molar-refractivity contribution in [3.63, 3.8) is 0 Å². The van der Waals surface area contributed by atoms with Crippen LogP contribution in [0.15, 0.2) is 48.5 Å². The van der Waals surface area contributed by atoms with Crippen LogP contribution in [0.3, 0.4) is 0 Å². The van der Waals surface area contributed by atoms with E-state index in [9.17, 15) is 14.9 Å². The lowest BCUT2D eigenvalue weighted by molar-refractivity contribution is -0.384. The first kappa shape index (κ1) is 17.1. The Labute approximate surface area is 146 Å². The normalized spacial score (nSPS) is 16.1. The molecule has 1 unspecified atom stereocenters. The minimum absolute atomic E-state index is 0.0132. The lowest BCUT2D eigenvalue weighted by Gasteiger charge is -2.29. The lowest BCUT2D eigenvalue weighted by atomic mass is 9.99. The fourth-order valence-electron chi connectivity index (χ4n) is 2.98. The molecule has 1 atom stereocenters. The minimum atomic E-state index is -0.448. The SMILES string of the molecule is CN(CC1Cc2ccccc2CO1)C(=O)Cc1ccc([N+](=O)[O-])cc1. The van der Waals surface area contributed by atoms with Crippen molar-refractivity contribution in [2.45, 2.75) is 25.6 Å². The summed E-state index contributed by atoms with van der Waals surface area (Å²) < 4.78 is 5.85. The summed E-state index contributed by atoms with van der Waals surface area (Å²) in [6.07, 6.45) is 1.00. The number of amides is 1. The molecule has 2 aromatic rings. The highest BCUT2D eigenvalue weighted by molar-refractivity contribution is 5.78. The molecule has 1 aliphatic rings. The molecule has 0 bridgehead atoms. The molecule has 0 spiro atoms. The van der Waals surface area contributed by atoms with Crippen LogP contribution in [0.5, 0.6) is 0 Å². The molecule has 0 aromatic heterocycles. The second-order valence-electron chi connectivity index (χ2n) is 6.28. The third-order valence-electron chi connectivity index (χ3n) is 4.45. The van der Waals surface area contributed by atoms with Crippen LogP contribution in [-0.4, -0.2) is 35.4 Å². The fourth-order valence-corrected chi connectivity index (χ4v) is 2.98. The number of non-ortho nitro benzene ring substituents is 1. The van der Waals surface area contributed by atoms with Gasteiger partial charge in [0.25, 0.3) is 5.69 Å². The topological polar surface area (TPSA) is 72.7 Å². The van der Waals surface area contributed by atoms with Crippen LogP contribution in [-0.2, 0) is 29.0 Å². The molecule has 3 rings (SSSR count). The largest absolute Gasteiger partial charge is 0.371 e. The van der Waals surface area contributed by atoms with Crippen LogP contribution in [0.1, 0.15) is 16.7 Å². The number of nitro benzene ring substituents is 1. The van der Waals surface area contributed by atoms with Crippen LogP contribution in [0, 0.1) is 10.1 Å². The van der Waals surface area contributed by atoms with Gasteiger partial charge in [-0.25, -0.2) is 0 Å². The number of benzene rings is 2. The fraction of sp³-hybridized carbons (Fsp3) is 0.316. The maximum absolute atomic E-state index is 12.4. The van der Waals surface area contributed by atoms with Gasteiger partial charge in [-0.2, -0.15) is 0 Å². The maximum atomic E-state index is 12.4. The molecule has 1 amide bonds. The van der Waals surface area contributed by atoms with E-state index < -0.39 is 4.92 Å². The molecule has 0 saturated carbocycles. The number of rotatable bonds is 5. The van der Waals surface area contributed by atoms with E-state index in [2.05, 4.69) is 12.1 Å². The Kier molecular flexibility index (Phi) is 5.09. The van der Waals surface area contributed by atoms with Gasteiger partial charge >= 0.3 is 0 Å². The standard InChI is InChI=1S/C19H20N2O4/c1-20(12-18-11-15-4-2-3-5-16(15)13-25-18)19(22)10-14-6-8-17(9-7-14)21(23)24/h2-9,18H,10-13H2,1H3. The van der Waals surface area contributed by atoms with Gasteiger partial charge in [-0.3, -0.25) is 14.9 Å². The van der Waals surface area contributed by atoms with Crippen molar-refractivity contribution in [2.75, 3.05) is 13.6 Å². The highest BCUT2D eigenvalue weighted by Crippen LogP contribution is 2.21. The average Bonchev–Trinajstić information content (AvgIpc) is 2.62. The van der Waals surface area contributed by atoms with Crippen molar-refractivity contribution in [1.29, 1.82) is 0 Å². The first-order chi connectivity index (χ1) is 12.0. The summed E-state index contributed by atoms with van der Waals surface area (Å²) in [6.45, 7) is 1.10. The van der Waals surface area contributed by atoms with Gasteiger partial charge in [0.2, 0.25) is 5.91 Å². The molecule has 0 aliphatic carbocycles. The number of hydrogen-bond acceptors (Lipinski definition) is 4. The maximum Gasteiger partial charge on any atom is 0.269 e. The van der Waals surface area contributed by atoms with Crippen LogP contribution in [0.25, 0.3) is 0 Å². The van der Waals surface area contributed by atoms with E-state index >= 15 is 0 Å². The number of fused-ring (bicyclic) bond motifs is 1. The molecule has 1 aliphatic heterocycles.